The Balaban J connectivity index is 1.33. The first kappa shape index (κ1) is 25.4. The molecular weight excluding hydrogens is 470 g/mol. The third-order valence-corrected chi connectivity index (χ3v) is 5.51. The number of nitrogens with zero attached hydrogens (tertiary/aromatic N) is 3. The summed E-state index contributed by atoms with van der Waals surface area (Å²) in [6.45, 7) is 6.83. The molecule has 0 bridgehead atoms. The van der Waals surface area contributed by atoms with Crippen molar-refractivity contribution in [2.24, 2.45) is 0 Å². The maximum absolute atomic E-state index is 12.9. The second kappa shape index (κ2) is 11.9. The molecule has 9 heteroatoms. The summed E-state index contributed by atoms with van der Waals surface area (Å²) in [4.78, 5) is 29.8. The number of carbonyl (C=O) groups excluding carboxylic acids is 2. The largest absolute Gasteiger partial charge is 0.494 e. The van der Waals surface area contributed by atoms with E-state index in [1.54, 1.807) is 35.1 Å². The van der Waals surface area contributed by atoms with Crippen LogP contribution in [0.1, 0.15) is 58.7 Å². The van der Waals surface area contributed by atoms with Gasteiger partial charge in [0.05, 0.1) is 24.1 Å². The highest BCUT2D eigenvalue weighted by Gasteiger charge is 2.22. The van der Waals surface area contributed by atoms with Crippen molar-refractivity contribution >= 4 is 11.8 Å². The Morgan fingerprint density at radius 2 is 1.57 bits per heavy atom. The molecule has 4 rings (SSSR count). The van der Waals surface area contributed by atoms with Gasteiger partial charge in [-0.05, 0) is 66.9 Å². The topological polar surface area (TPSA) is 107 Å². The quantitative estimate of drug-likeness (QED) is 0.330. The summed E-state index contributed by atoms with van der Waals surface area (Å²) in [5, 5.41) is 4.34. The molecule has 0 aliphatic rings. The smallest absolute Gasteiger partial charge is 0.273 e. The van der Waals surface area contributed by atoms with Crippen LogP contribution < -0.4 is 20.3 Å². The highest BCUT2D eigenvalue weighted by molar-refractivity contribution is 5.99. The van der Waals surface area contributed by atoms with Crippen LogP contribution in [0.25, 0.3) is 5.82 Å². The minimum Gasteiger partial charge on any atom is -0.494 e. The number of benzene rings is 2. The van der Waals surface area contributed by atoms with E-state index < -0.39 is 11.8 Å². The zero-order chi connectivity index (χ0) is 26.2. The molecule has 0 aliphatic carbocycles. The maximum atomic E-state index is 12.9. The van der Waals surface area contributed by atoms with Gasteiger partial charge in [0.1, 0.15) is 18.1 Å². The van der Waals surface area contributed by atoms with Crippen LogP contribution in [0.5, 0.6) is 11.5 Å². The van der Waals surface area contributed by atoms with Crippen molar-refractivity contribution in [3.63, 3.8) is 0 Å². The lowest BCUT2D eigenvalue weighted by molar-refractivity contribution is 0.0846. The number of rotatable bonds is 9. The van der Waals surface area contributed by atoms with Gasteiger partial charge in [0.2, 0.25) is 0 Å². The van der Waals surface area contributed by atoms with Crippen molar-refractivity contribution < 1.29 is 19.1 Å². The molecule has 0 aliphatic heterocycles. The number of hydrazine groups is 1. The van der Waals surface area contributed by atoms with Gasteiger partial charge in [-0.3, -0.25) is 20.4 Å². The Morgan fingerprint density at radius 1 is 0.892 bits per heavy atom. The van der Waals surface area contributed by atoms with Gasteiger partial charge in [0.25, 0.3) is 11.8 Å². The fourth-order valence-electron chi connectivity index (χ4n) is 3.72. The molecule has 4 aromatic rings. The molecule has 2 amide bonds. The fraction of sp³-hybridized carbons (Fsp3) is 0.214. The van der Waals surface area contributed by atoms with Gasteiger partial charge in [-0.1, -0.05) is 32.0 Å². The SMILES string of the molecule is CCOc1ccc(OCc2ccc(C(=O)NNC(=O)c3cnn(-c4ccccn4)c3C(C)C)cc2)cc1. The lowest BCUT2D eigenvalue weighted by atomic mass is 10.1. The monoisotopic (exact) mass is 499 g/mol. The number of pyridine rings is 1. The lowest BCUT2D eigenvalue weighted by Crippen LogP contribution is -2.41. The molecule has 2 aromatic heterocycles. The number of hydrogen-bond donors (Lipinski definition) is 2. The van der Waals surface area contributed by atoms with Gasteiger partial charge in [0, 0.05) is 11.8 Å². The molecule has 0 saturated carbocycles. The van der Waals surface area contributed by atoms with Crippen molar-refractivity contribution in [1.29, 1.82) is 0 Å². The van der Waals surface area contributed by atoms with Crippen molar-refractivity contribution in [3.05, 3.63) is 102 Å². The van der Waals surface area contributed by atoms with Crippen LogP contribution in [-0.2, 0) is 6.61 Å². The summed E-state index contributed by atoms with van der Waals surface area (Å²) < 4.78 is 12.9. The summed E-state index contributed by atoms with van der Waals surface area (Å²) in [5.74, 6) is 1.23. The van der Waals surface area contributed by atoms with Crippen molar-refractivity contribution in [2.75, 3.05) is 6.61 Å². The van der Waals surface area contributed by atoms with E-state index in [2.05, 4.69) is 20.9 Å². The Morgan fingerprint density at radius 3 is 2.19 bits per heavy atom. The van der Waals surface area contributed by atoms with Crippen LogP contribution in [0.2, 0.25) is 0 Å². The summed E-state index contributed by atoms with van der Waals surface area (Å²) in [6.07, 6.45) is 3.14. The molecule has 0 fully saturated rings. The van der Waals surface area contributed by atoms with E-state index in [4.69, 9.17) is 9.47 Å². The standard InChI is InChI=1S/C28H29N5O4/c1-4-36-22-12-14-23(15-13-22)37-18-20-8-10-21(11-9-20)27(34)31-32-28(35)24-17-30-33(26(24)19(2)3)25-7-5-6-16-29-25/h5-17,19H,4,18H2,1-3H3,(H,31,34)(H,32,35). The number of amides is 2. The third kappa shape index (κ3) is 6.32. The van der Waals surface area contributed by atoms with Gasteiger partial charge < -0.3 is 9.47 Å². The second-order valence-corrected chi connectivity index (χ2v) is 8.50. The van der Waals surface area contributed by atoms with E-state index in [1.165, 1.54) is 6.20 Å². The van der Waals surface area contributed by atoms with Crippen molar-refractivity contribution in [3.8, 4) is 17.3 Å². The third-order valence-electron chi connectivity index (χ3n) is 5.51. The van der Waals surface area contributed by atoms with Crippen LogP contribution in [0, 0.1) is 0 Å². The molecule has 0 radical (unpaired) electrons. The van der Waals surface area contributed by atoms with Gasteiger partial charge in [-0.25, -0.2) is 9.67 Å². The molecule has 9 nitrogen and oxygen atoms in total. The van der Waals surface area contributed by atoms with Crippen LogP contribution in [0.15, 0.2) is 79.1 Å². The number of carbonyl (C=O) groups is 2. The van der Waals surface area contributed by atoms with E-state index >= 15 is 0 Å². The summed E-state index contributed by atoms with van der Waals surface area (Å²) in [5.41, 5.74) is 7.32. The predicted octanol–water partition coefficient (Wildman–Crippen LogP) is 4.44. The molecule has 0 atom stereocenters. The van der Waals surface area contributed by atoms with Crippen LogP contribution >= 0.6 is 0 Å². The molecule has 0 unspecified atom stereocenters. The first-order chi connectivity index (χ1) is 18.0. The lowest BCUT2D eigenvalue weighted by Gasteiger charge is -2.13. The molecular formula is C28H29N5O4. The van der Waals surface area contributed by atoms with E-state index in [0.29, 0.717) is 35.9 Å². The Bertz CT molecular complexity index is 1330. The minimum atomic E-state index is -0.459. The van der Waals surface area contributed by atoms with E-state index in [1.807, 2.05) is 63.2 Å². The number of nitrogens with one attached hydrogen (secondary N) is 2. The van der Waals surface area contributed by atoms with Crippen LogP contribution in [0.4, 0.5) is 0 Å². The van der Waals surface area contributed by atoms with E-state index in [0.717, 1.165) is 17.1 Å². The summed E-state index contributed by atoms with van der Waals surface area (Å²) in [6, 6.07) is 19.8. The summed E-state index contributed by atoms with van der Waals surface area (Å²) >= 11 is 0. The fourth-order valence-corrected chi connectivity index (χ4v) is 3.72. The van der Waals surface area contributed by atoms with Crippen molar-refractivity contribution in [1.82, 2.24) is 25.6 Å². The zero-order valence-corrected chi connectivity index (χ0v) is 21.0. The van der Waals surface area contributed by atoms with E-state index in [-0.39, 0.29) is 5.92 Å². The van der Waals surface area contributed by atoms with Crippen LogP contribution in [0.3, 0.4) is 0 Å². The second-order valence-electron chi connectivity index (χ2n) is 8.50. The molecule has 2 N–H and O–H groups in total. The van der Waals surface area contributed by atoms with E-state index in [9.17, 15) is 9.59 Å². The first-order valence-electron chi connectivity index (χ1n) is 12.0. The molecule has 190 valence electrons. The normalized spacial score (nSPS) is 10.7. The Labute approximate surface area is 215 Å². The highest BCUT2D eigenvalue weighted by Crippen LogP contribution is 2.22. The van der Waals surface area contributed by atoms with Gasteiger partial charge in [-0.2, -0.15) is 5.10 Å². The molecule has 0 saturated heterocycles. The molecule has 2 heterocycles. The zero-order valence-electron chi connectivity index (χ0n) is 21.0. The number of hydrogen-bond acceptors (Lipinski definition) is 6. The highest BCUT2D eigenvalue weighted by atomic mass is 16.5. The number of ether oxygens (including phenoxy) is 2. The molecule has 0 spiro atoms. The Hall–Kier alpha value is -4.66. The van der Waals surface area contributed by atoms with Gasteiger partial charge in [0.15, 0.2) is 5.82 Å². The van der Waals surface area contributed by atoms with Crippen molar-refractivity contribution in [2.45, 2.75) is 33.3 Å². The van der Waals surface area contributed by atoms with Crippen LogP contribution in [-0.4, -0.2) is 33.2 Å². The summed E-state index contributed by atoms with van der Waals surface area (Å²) in [7, 11) is 0. The average molecular weight is 500 g/mol. The van der Waals surface area contributed by atoms with Gasteiger partial charge in [-0.15, -0.1) is 0 Å². The maximum Gasteiger partial charge on any atom is 0.273 e. The van der Waals surface area contributed by atoms with Gasteiger partial charge >= 0.3 is 0 Å². The molecule has 2 aromatic carbocycles. The Kier molecular flexibility index (Phi) is 8.15. The first-order valence-corrected chi connectivity index (χ1v) is 12.0. The average Bonchev–Trinajstić information content (AvgIpc) is 3.38. The predicted molar refractivity (Wildman–Crippen MR) is 139 cm³/mol. The number of aromatic nitrogens is 3. The molecule has 37 heavy (non-hydrogen) atoms. The minimum absolute atomic E-state index is 0.00154.